The van der Waals surface area contributed by atoms with E-state index in [4.69, 9.17) is 11.0 Å². The van der Waals surface area contributed by atoms with Gasteiger partial charge in [0.1, 0.15) is 23.6 Å². The molecule has 1 saturated heterocycles. The lowest BCUT2D eigenvalue weighted by atomic mass is 10.1. The predicted octanol–water partition coefficient (Wildman–Crippen LogP) is 0.646. The number of hydrogen-bond acceptors (Lipinski definition) is 6. The van der Waals surface area contributed by atoms with Crippen LogP contribution in [0.2, 0.25) is 0 Å². The minimum atomic E-state index is -0.551. The molecule has 0 aromatic carbocycles. The lowest BCUT2D eigenvalue weighted by Gasteiger charge is -2.17. The van der Waals surface area contributed by atoms with Crippen molar-refractivity contribution in [1.29, 1.82) is 5.26 Å². The van der Waals surface area contributed by atoms with Crippen molar-refractivity contribution in [2.45, 2.75) is 6.42 Å². The van der Waals surface area contributed by atoms with Crippen LogP contribution in [-0.4, -0.2) is 29.5 Å². The maximum Gasteiger partial charge on any atom is 0.289 e. The number of rotatable bonds is 3. The van der Waals surface area contributed by atoms with Crippen LogP contribution in [0.25, 0.3) is 0 Å². The Hall–Kier alpha value is -2.20. The fourth-order valence-corrected chi connectivity index (χ4v) is 2.10. The standard InChI is InChI=1S/C11H13N5O2/c12-4-8-1-2-15(7-8)11-9(5-13)3-10(6-14-11)16(17)18/h3,6,8H,1-2,4,7,12H2. The van der Waals surface area contributed by atoms with Gasteiger partial charge in [-0.3, -0.25) is 10.1 Å². The molecule has 0 radical (unpaired) electrons. The molecule has 0 spiro atoms. The van der Waals surface area contributed by atoms with Crippen LogP contribution in [0.4, 0.5) is 11.5 Å². The quantitative estimate of drug-likeness (QED) is 0.620. The van der Waals surface area contributed by atoms with E-state index in [-0.39, 0.29) is 11.3 Å². The summed E-state index contributed by atoms with van der Waals surface area (Å²) in [5.41, 5.74) is 5.68. The summed E-state index contributed by atoms with van der Waals surface area (Å²) >= 11 is 0. The Bertz CT molecular complexity index is 511. The van der Waals surface area contributed by atoms with Gasteiger partial charge in [-0.15, -0.1) is 0 Å². The van der Waals surface area contributed by atoms with Crippen LogP contribution in [0, 0.1) is 27.4 Å². The highest BCUT2D eigenvalue weighted by atomic mass is 16.6. The number of nitrogens with two attached hydrogens (primary N) is 1. The molecule has 1 atom stereocenters. The zero-order valence-corrected chi connectivity index (χ0v) is 9.74. The lowest BCUT2D eigenvalue weighted by molar-refractivity contribution is -0.385. The Kier molecular flexibility index (Phi) is 3.39. The van der Waals surface area contributed by atoms with Crippen LogP contribution in [0.1, 0.15) is 12.0 Å². The lowest BCUT2D eigenvalue weighted by Crippen LogP contribution is -2.24. The molecule has 1 aliphatic rings. The second kappa shape index (κ2) is 4.98. The number of aromatic nitrogens is 1. The molecule has 94 valence electrons. The summed E-state index contributed by atoms with van der Waals surface area (Å²) < 4.78 is 0. The summed E-state index contributed by atoms with van der Waals surface area (Å²) in [6.45, 7) is 2.13. The zero-order valence-electron chi connectivity index (χ0n) is 9.74. The summed E-state index contributed by atoms with van der Waals surface area (Å²) in [5, 5.41) is 19.7. The van der Waals surface area contributed by atoms with E-state index >= 15 is 0 Å². The molecule has 1 aromatic heterocycles. The molecule has 2 N–H and O–H groups in total. The molecule has 0 amide bonds. The van der Waals surface area contributed by atoms with E-state index in [2.05, 4.69) is 4.98 Å². The Morgan fingerprint density at radius 2 is 2.50 bits per heavy atom. The first-order chi connectivity index (χ1) is 8.65. The maximum absolute atomic E-state index is 10.6. The fourth-order valence-electron chi connectivity index (χ4n) is 2.10. The Balaban J connectivity index is 2.29. The van der Waals surface area contributed by atoms with Crippen molar-refractivity contribution in [2.24, 2.45) is 11.7 Å². The summed E-state index contributed by atoms with van der Waals surface area (Å²) in [6.07, 6.45) is 2.14. The first-order valence-electron chi connectivity index (χ1n) is 5.65. The van der Waals surface area contributed by atoms with Crippen molar-refractivity contribution < 1.29 is 4.92 Å². The molecule has 7 nitrogen and oxygen atoms in total. The Morgan fingerprint density at radius 3 is 3.06 bits per heavy atom. The number of nitro groups is 1. The average molecular weight is 247 g/mol. The van der Waals surface area contributed by atoms with Gasteiger partial charge in [-0.1, -0.05) is 0 Å². The molecule has 2 rings (SSSR count). The third kappa shape index (κ3) is 2.24. The number of pyridine rings is 1. The van der Waals surface area contributed by atoms with Crippen molar-refractivity contribution in [1.82, 2.24) is 4.98 Å². The van der Waals surface area contributed by atoms with E-state index in [1.165, 1.54) is 12.3 Å². The van der Waals surface area contributed by atoms with Gasteiger partial charge in [-0.05, 0) is 18.9 Å². The van der Waals surface area contributed by atoms with Gasteiger partial charge in [0.2, 0.25) is 0 Å². The van der Waals surface area contributed by atoms with Crippen LogP contribution in [0.5, 0.6) is 0 Å². The SMILES string of the molecule is N#Cc1cc([N+](=O)[O-])cnc1N1CCC(CN)C1. The van der Waals surface area contributed by atoms with Gasteiger partial charge in [-0.25, -0.2) is 4.98 Å². The first-order valence-corrected chi connectivity index (χ1v) is 5.65. The minimum Gasteiger partial charge on any atom is -0.355 e. The van der Waals surface area contributed by atoms with E-state index in [1.807, 2.05) is 11.0 Å². The van der Waals surface area contributed by atoms with Gasteiger partial charge in [0.15, 0.2) is 0 Å². The van der Waals surface area contributed by atoms with E-state index in [1.54, 1.807) is 0 Å². The van der Waals surface area contributed by atoms with Crippen molar-refractivity contribution in [3.05, 3.63) is 27.9 Å². The van der Waals surface area contributed by atoms with Gasteiger partial charge < -0.3 is 10.6 Å². The third-order valence-electron chi connectivity index (χ3n) is 3.10. The fraction of sp³-hybridized carbons (Fsp3) is 0.455. The topological polar surface area (TPSA) is 109 Å². The number of nitrogens with zero attached hydrogens (tertiary/aromatic N) is 4. The second-order valence-electron chi connectivity index (χ2n) is 4.27. The smallest absolute Gasteiger partial charge is 0.289 e. The van der Waals surface area contributed by atoms with Crippen molar-refractivity contribution in [2.75, 3.05) is 24.5 Å². The van der Waals surface area contributed by atoms with Gasteiger partial charge in [0.25, 0.3) is 5.69 Å². The summed E-state index contributed by atoms with van der Waals surface area (Å²) in [5.74, 6) is 0.910. The molecule has 18 heavy (non-hydrogen) atoms. The summed E-state index contributed by atoms with van der Waals surface area (Å²) in [6, 6.07) is 3.22. The highest BCUT2D eigenvalue weighted by Crippen LogP contribution is 2.26. The molecule has 0 bridgehead atoms. The molecule has 0 aliphatic carbocycles. The van der Waals surface area contributed by atoms with Crippen LogP contribution in [0.3, 0.4) is 0 Å². The Labute approximate surface area is 104 Å². The minimum absolute atomic E-state index is 0.162. The molecular weight excluding hydrogens is 234 g/mol. The highest BCUT2D eigenvalue weighted by Gasteiger charge is 2.25. The summed E-state index contributed by atoms with van der Waals surface area (Å²) in [4.78, 5) is 16.1. The van der Waals surface area contributed by atoms with Crippen molar-refractivity contribution >= 4 is 11.5 Å². The van der Waals surface area contributed by atoms with Gasteiger partial charge in [-0.2, -0.15) is 5.26 Å². The van der Waals surface area contributed by atoms with Gasteiger partial charge in [0.05, 0.1) is 4.92 Å². The van der Waals surface area contributed by atoms with E-state index in [0.29, 0.717) is 18.3 Å². The second-order valence-corrected chi connectivity index (χ2v) is 4.27. The van der Waals surface area contributed by atoms with Crippen LogP contribution < -0.4 is 10.6 Å². The van der Waals surface area contributed by atoms with Crippen LogP contribution in [-0.2, 0) is 0 Å². The van der Waals surface area contributed by atoms with Crippen LogP contribution in [0.15, 0.2) is 12.3 Å². The molecule has 1 aliphatic heterocycles. The van der Waals surface area contributed by atoms with Gasteiger partial charge in [0, 0.05) is 19.2 Å². The summed E-state index contributed by atoms with van der Waals surface area (Å²) in [7, 11) is 0. The number of nitriles is 1. The maximum atomic E-state index is 10.6. The van der Waals surface area contributed by atoms with Gasteiger partial charge >= 0.3 is 0 Å². The molecule has 0 saturated carbocycles. The Morgan fingerprint density at radius 1 is 1.72 bits per heavy atom. The highest BCUT2D eigenvalue weighted by molar-refractivity contribution is 5.57. The number of hydrogen-bond donors (Lipinski definition) is 1. The molecule has 1 fully saturated rings. The van der Waals surface area contributed by atoms with E-state index in [9.17, 15) is 10.1 Å². The van der Waals surface area contributed by atoms with Crippen LogP contribution >= 0.6 is 0 Å². The van der Waals surface area contributed by atoms with E-state index in [0.717, 1.165) is 19.5 Å². The molecule has 2 heterocycles. The average Bonchev–Trinajstić information content (AvgIpc) is 2.86. The monoisotopic (exact) mass is 247 g/mol. The zero-order chi connectivity index (χ0) is 13.1. The molecule has 7 heteroatoms. The number of anilines is 1. The predicted molar refractivity (Wildman–Crippen MR) is 65.0 cm³/mol. The molecular formula is C11H13N5O2. The normalized spacial score (nSPS) is 18.7. The first kappa shape index (κ1) is 12.3. The third-order valence-corrected chi connectivity index (χ3v) is 3.10. The van der Waals surface area contributed by atoms with Crippen molar-refractivity contribution in [3.8, 4) is 6.07 Å². The molecule has 1 aromatic rings. The molecule has 1 unspecified atom stereocenters. The van der Waals surface area contributed by atoms with Crippen molar-refractivity contribution in [3.63, 3.8) is 0 Å². The largest absolute Gasteiger partial charge is 0.355 e. The van der Waals surface area contributed by atoms with E-state index < -0.39 is 4.92 Å².